The molecule has 2 N–H and O–H groups in total. The van der Waals surface area contributed by atoms with Crippen LogP contribution in [0.15, 0.2) is 39.5 Å². The molecule has 0 spiro atoms. The second-order valence-electron chi connectivity index (χ2n) is 5.31. The van der Waals surface area contributed by atoms with Crippen LogP contribution in [0.1, 0.15) is 29.5 Å². The van der Waals surface area contributed by atoms with Crippen LogP contribution in [0, 0.1) is 0 Å². The van der Waals surface area contributed by atoms with E-state index < -0.39 is 0 Å². The number of benzene rings is 1. The monoisotopic (exact) mass is 352 g/mol. The highest BCUT2D eigenvalue weighted by Gasteiger charge is 2.06. The van der Waals surface area contributed by atoms with Gasteiger partial charge in [0.25, 0.3) is 0 Å². The van der Waals surface area contributed by atoms with Crippen molar-refractivity contribution in [2.45, 2.75) is 25.9 Å². The van der Waals surface area contributed by atoms with E-state index in [0.717, 1.165) is 13.1 Å². The van der Waals surface area contributed by atoms with E-state index in [0.29, 0.717) is 12.5 Å². The third-order valence-corrected chi connectivity index (χ3v) is 4.98. The predicted molar refractivity (Wildman–Crippen MR) is 91.1 cm³/mol. The summed E-state index contributed by atoms with van der Waals surface area (Å²) in [6, 6.07) is 11.0. The van der Waals surface area contributed by atoms with Crippen LogP contribution in [0.5, 0.6) is 0 Å². The molecular formula is C16H21BrN2S. The molecule has 0 amide bonds. The predicted octanol–water partition coefficient (Wildman–Crippen LogP) is 4.20. The van der Waals surface area contributed by atoms with Crippen LogP contribution in [-0.2, 0) is 13.1 Å². The normalized spacial score (nSPS) is 12.8. The first-order chi connectivity index (χ1) is 9.58. The van der Waals surface area contributed by atoms with Crippen molar-refractivity contribution in [2.24, 2.45) is 5.73 Å². The van der Waals surface area contributed by atoms with E-state index in [2.05, 4.69) is 70.5 Å². The van der Waals surface area contributed by atoms with Gasteiger partial charge >= 0.3 is 0 Å². The Labute approximate surface area is 133 Å². The smallest absolute Gasteiger partial charge is 0.0701 e. The van der Waals surface area contributed by atoms with E-state index in [-0.39, 0.29) is 0 Å². The number of thiophene rings is 1. The summed E-state index contributed by atoms with van der Waals surface area (Å²) in [6.45, 7) is 4.80. The van der Waals surface area contributed by atoms with E-state index in [1.165, 1.54) is 20.5 Å². The molecule has 1 unspecified atom stereocenters. The van der Waals surface area contributed by atoms with Gasteiger partial charge in [-0.05, 0) is 63.6 Å². The van der Waals surface area contributed by atoms with Gasteiger partial charge in [-0.3, -0.25) is 4.90 Å². The second kappa shape index (κ2) is 7.36. The Morgan fingerprint density at radius 2 is 1.85 bits per heavy atom. The van der Waals surface area contributed by atoms with E-state index >= 15 is 0 Å². The van der Waals surface area contributed by atoms with Gasteiger partial charge in [0, 0.05) is 13.1 Å². The molecule has 0 aliphatic heterocycles. The van der Waals surface area contributed by atoms with Crippen molar-refractivity contribution < 1.29 is 0 Å². The molecule has 20 heavy (non-hydrogen) atoms. The second-order valence-corrected chi connectivity index (χ2v) is 7.60. The van der Waals surface area contributed by atoms with Gasteiger partial charge in [0.2, 0.25) is 0 Å². The lowest BCUT2D eigenvalue weighted by Gasteiger charge is -2.17. The van der Waals surface area contributed by atoms with Crippen molar-refractivity contribution in [2.75, 3.05) is 13.6 Å². The van der Waals surface area contributed by atoms with Gasteiger partial charge in [-0.2, -0.15) is 0 Å². The molecule has 1 heterocycles. The van der Waals surface area contributed by atoms with Gasteiger partial charge in [0.1, 0.15) is 0 Å². The average Bonchev–Trinajstić information content (AvgIpc) is 2.84. The number of halogens is 1. The Morgan fingerprint density at radius 1 is 1.20 bits per heavy atom. The first-order valence-corrected chi connectivity index (χ1v) is 8.46. The van der Waals surface area contributed by atoms with E-state index in [9.17, 15) is 0 Å². The maximum Gasteiger partial charge on any atom is 0.0701 e. The average molecular weight is 353 g/mol. The number of nitrogens with zero attached hydrogens (tertiary/aromatic N) is 1. The lowest BCUT2D eigenvalue weighted by atomic mass is 10.00. The molecule has 1 aromatic carbocycles. The van der Waals surface area contributed by atoms with Crippen molar-refractivity contribution in [3.05, 3.63) is 56.2 Å². The fourth-order valence-corrected chi connectivity index (χ4v) is 3.40. The van der Waals surface area contributed by atoms with E-state index in [1.54, 1.807) is 11.3 Å². The molecule has 0 radical (unpaired) electrons. The minimum atomic E-state index is 0.435. The van der Waals surface area contributed by atoms with Crippen molar-refractivity contribution >= 4 is 27.3 Å². The van der Waals surface area contributed by atoms with Gasteiger partial charge in [0.05, 0.1) is 3.79 Å². The molecule has 2 aromatic rings. The van der Waals surface area contributed by atoms with Gasteiger partial charge < -0.3 is 5.73 Å². The fourth-order valence-electron chi connectivity index (χ4n) is 2.20. The van der Waals surface area contributed by atoms with E-state index in [4.69, 9.17) is 5.73 Å². The maximum absolute atomic E-state index is 5.70. The quantitative estimate of drug-likeness (QED) is 0.843. The molecule has 0 aliphatic carbocycles. The topological polar surface area (TPSA) is 29.3 Å². The maximum atomic E-state index is 5.70. The lowest BCUT2D eigenvalue weighted by molar-refractivity contribution is 0.319. The highest BCUT2D eigenvalue weighted by Crippen LogP contribution is 2.22. The van der Waals surface area contributed by atoms with Gasteiger partial charge in [-0.1, -0.05) is 31.2 Å². The largest absolute Gasteiger partial charge is 0.330 e. The van der Waals surface area contributed by atoms with Crippen LogP contribution >= 0.6 is 27.3 Å². The molecule has 0 bridgehead atoms. The summed E-state index contributed by atoms with van der Waals surface area (Å²) in [6.07, 6.45) is 0. The summed E-state index contributed by atoms with van der Waals surface area (Å²) in [5.74, 6) is 0.435. The molecule has 2 rings (SSSR count). The summed E-state index contributed by atoms with van der Waals surface area (Å²) in [7, 11) is 2.15. The van der Waals surface area contributed by atoms with E-state index in [1.807, 2.05) is 0 Å². The van der Waals surface area contributed by atoms with Crippen molar-refractivity contribution in [3.8, 4) is 0 Å². The third-order valence-electron chi connectivity index (χ3n) is 3.43. The van der Waals surface area contributed by atoms with Crippen LogP contribution in [-0.4, -0.2) is 18.5 Å². The van der Waals surface area contributed by atoms with Crippen molar-refractivity contribution in [3.63, 3.8) is 0 Å². The summed E-state index contributed by atoms with van der Waals surface area (Å²) in [5, 5.41) is 2.20. The Balaban J connectivity index is 1.92. The molecule has 0 aliphatic rings. The standard InChI is InChI=1S/C16H21BrN2S/c1-12(8-18)15-5-3-13(4-6-15)9-19(2)10-14-7-16(17)20-11-14/h3-7,11-12H,8-10,18H2,1-2H3. The molecule has 1 atom stereocenters. The van der Waals surface area contributed by atoms with Gasteiger partial charge in [-0.25, -0.2) is 0 Å². The summed E-state index contributed by atoms with van der Waals surface area (Å²) in [4.78, 5) is 2.33. The van der Waals surface area contributed by atoms with Crippen LogP contribution in [0.2, 0.25) is 0 Å². The molecule has 108 valence electrons. The zero-order chi connectivity index (χ0) is 14.5. The van der Waals surface area contributed by atoms with Crippen molar-refractivity contribution in [1.29, 1.82) is 0 Å². The Bertz CT molecular complexity index is 536. The summed E-state index contributed by atoms with van der Waals surface area (Å²) < 4.78 is 1.20. The number of hydrogen-bond acceptors (Lipinski definition) is 3. The minimum Gasteiger partial charge on any atom is -0.330 e. The lowest BCUT2D eigenvalue weighted by Crippen LogP contribution is -2.17. The molecular weight excluding hydrogens is 332 g/mol. The first kappa shape index (κ1) is 15.7. The number of nitrogens with two attached hydrogens (primary N) is 1. The molecule has 0 fully saturated rings. The van der Waals surface area contributed by atoms with Gasteiger partial charge in [0.15, 0.2) is 0 Å². The van der Waals surface area contributed by atoms with Crippen LogP contribution in [0.4, 0.5) is 0 Å². The summed E-state index contributed by atoms with van der Waals surface area (Å²) in [5.41, 5.74) is 9.72. The summed E-state index contributed by atoms with van der Waals surface area (Å²) >= 11 is 5.25. The Hall–Kier alpha value is -0.680. The Kier molecular flexibility index (Phi) is 5.78. The molecule has 0 saturated carbocycles. The molecule has 4 heteroatoms. The minimum absolute atomic E-state index is 0.435. The van der Waals surface area contributed by atoms with Crippen LogP contribution in [0.3, 0.4) is 0 Å². The SMILES string of the molecule is CC(CN)c1ccc(CN(C)Cc2csc(Br)c2)cc1. The molecule has 0 saturated heterocycles. The highest BCUT2D eigenvalue weighted by molar-refractivity contribution is 9.11. The first-order valence-electron chi connectivity index (χ1n) is 6.79. The number of hydrogen-bond donors (Lipinski definition) is 1. The Morgan fingerprint density at radius 3 is 2.40 bits per heavy atom. The van der Waals surface area contributed by atoms with Crippen LogP contribution < -0.4 is 5.73 Å². The van der Waals surface area contributed by atoms with Crippen molar-refractivity contribution in [1.82, 2.24) is 4.90 Å². The van der Waals surface area contributed by atoms with Crippen LogP contribution in [0.25, 0.3) is 0 Å². The third kappa shape index (κ3) is 4.42. The zero-order valence-corrected chi connectivity index (χ0v) is 14.4. The highest BCUT2D eigenvalue weighted by atomic mass is 79.9. The molecule has 2 nitrogen and oxygen atoms in total. The fraction of sp³-hybridized carbons (Fsp3) is 0.375. The zero-order valence-electron chi connectivity index (χ0n) is 12.0. The van der Waals surface area contributed by atoms with Gasteiger partial charge in [-0.15, -0.1) is 11.3 Å². The molecule has 1 aromatic heterocycles. The number of rotatable bonds is 6.